The molecule has 1 saturated carbocycles. The molecular formula is C14H22ClN3O. The van der Waals surface area contributed by atoms with Crippen LogP contribution in [0.1, 0.15) is 41.0 Å². The number of rotatable bonds is 4. The highest BCUT2D eigenvalue weighted by atomic mass is 35.5. The summed E-state index contributed by atoms with van der Waals surface area (Å²) in [4.78, 5) is 12.3. The highest BCUT2D eigenvalue weighted by Crippen LogP contribution is 2.32. The van der Waals surface area contributed by atoms with E-state index in [1.807, 2.05) is 20.9 Å². The molecule has 0 aromatic carbocycles. The van der Waals surface area contributed by atoms with Crippen LogP contribution in [0.4, 0.5) is 0 Å². The second-order valence-corrected chi connectivity index (χ2v) is 5.79. The monoisotopic (exact) mass is 283 g/mol. The van der Waals surface area contributed by atoms with Gasteiger partial charge in [0, 0.05) is 25.2 Å². The second-order valence-electron chi connectivity index (χ2n) is 5.48. The Morgan fingerprint density at radius 3 is 2.68 bits per heavy atom. The summed E-state index contributed by atoms with van der Waals surface area (Å²) >= 11 is 5.96. The third-order valence-corrected chi connectivity index (χ3v) is 4.67. The number of alkyl halides is 1. The van der Waals surface area contributed by atoms with E-state index in [2.05, 4.69) is 10.4 Å². The lowest BCUT2D eigenvalue weighted by Crippen LogP contribution is -2.31. The van der Waals surface area contributed by atoms with Crippen molar-refractivity contribution in [3.63, 3.8) is 0 Å². The number of hydrogen-bond donors (Lipinski definition) is 1. The smallest absolute Gasteiger partial charge is 0.255 e. The first kappa shape index (κ1) is 14.4. The lowest BCUT2D eigenvalue weighted by atomic mass is 9.98. The summed E-state index contributed by atoms with van der Waals surface area (Å²) in [5.74, 6) is 1.77. The van der Waals surface area contributed by atoms with Crippen molar-refractivity contribution in [3.05, 3.63) is 17.0 Å². The molecule has 1 aromatic heterocycles. The van der Waals surface area contributed by atoms with E-state index in [0.717, 1.165) is 17.9 Å². The summed E-state index contributed by atoms with van der Waals surface area (Å²) in [5.41, 5.74) is 2.41. The van der Waals surface area contributed by atoms with Gasteiger partial charge in [-0.05, 0) is 38.5 Å². The highest BCUT2D eigenvalue weighted by Gasteiger charge is 2.27. The molecule has 1 aliphatic carbocycles. The third-order valence-electron chi connectivity index (χ3n) is 4.28. The van der Waals surface area contributed by atoms with Gasteiger partial charge in [-0.1, -0.05) is 6.42 Å². The molecule has 106 valence electrons. The molecule has 0 aliphatic heterocycles. The van der Waals surface area contributed by atoms with Crippen molar-refractivity contribution in [1.82, 2.24) is 15.1 Å². The Bertz CT molecular complexity index is 470. The van der Waals surface area contributed by atoms with Crippen LogP contribution >= 0.6 is 11.6 Å². The van der Waals surface area contributed by atoms with Crippen LogP contribution in [-0.2, 0) is 7.05 Å². The molecule has 0 spiro atoms. The van der Waals surface area contributed by atoms with Crippen molar-refractivity contribution in [3.8, 4) is 0 Å². The van der Waals surface area contributed by atoms with Crippen LogP contribution in [0.25, 0.3) is 0 Å². The maximum atomic E-state index is 12.3. The first-order valence-corrected chi connectivity index (χ1v) is 7.42. The molecule has 2 atom stereocenters. The van der Waals surface area contributed by atoms with E-state index in [-0.39, 0.29) is 5.91 Å². The minimum atomic E-state index is -0.0108. The normalized spacial score (nSPS) is 22.7. The van der Waals surface area contributed by atoms with Gasteiger partial charge < -0.3 is 5.32 Å². The Balaban J connectivity index is 1.98. The predicted octanol–water partition coefficient (Wildman–Crippen LogP) is 2.42. The molecule has 0 bridgehead atoms. The molecule has 0 radical (unpaired) electrons. The number of aryl methyl sites for hydroxylation is 2. The maximum absolute atomic E-state index is 12.3. The van der Waals surface area contributed by atoms with Gasteiger partial charge in [-0.15, -0.1) is 11.6 Å². The van der Waals surface area contributed by atoms with Gasteiger partial charge in [-0.3, -0.25) is 9.48 Å². The lowest BCUT2D eigenvalue weighted by molar-refractivity contribution is 0.0943. The minimum absolute atomic E-state index is 0.0108. The lowest BCUT2D eigenvalue weighted by Gasteiger charge is -2.17. The average molecular weight is 284 g/mol. The standard InChI is InChI=1S/C14H22ClN3O/c1-9-13(10(2)18(3)17-9)14(19)16-8-12-6-4-5-11(12)7-15/h11-12H,4-8H2,1-3H3,(H,16,19). The number of nitrogens with one attached hydrogen (secondary N) is 1. The van der Waals surface area contributed by atoms with E-state index in [1.165, 1.54) is 19.3 Å². The first-order chi connectivity index (χ1) is 9.04. The van der Waals surface area contributed by atoms with Gasteiger partial charge in [0.2, 0.25) is 0 Å². The van der Waals surface area contributed by atoms with Gasteiger partial charge in [0.05, 0.1) is 11.3 Å². The summed E-state index contributed by atoms with van der Waals surface area (Å²) in [6.07, 6.45) is 3.58. The number of halogens is 1. The van der Waals surface area contributed by atoms with Crippen molar-refractivity contribution in [2.24, 2.45) is 18.9 Å². The van der Waals surface area contributed by atoms with E-state index >= 15 is 0 Å². The molecule has 1 fully saturated rings. The zero-order chi connectivity index (χ0) is 14.0. The predicted molar refractivity (Wildman–Crippen MR) is 76.6 cm³/mol. The van der Waals surface area contributed by atoms with E-state index in [0.29, 0.717) is 23.3 Å². The molecule has 1 N–H and O–H groups in total. The molecule has 0 saturated heterocycles. The molecule has 2 rings (SSSR count). The second kappa shape index (κ2) is 5.95. The van der Waals surface area contributed by atoms with Gasteiger partial charge in [0.1, 0.15) is 0 Å². The van der Waals surface area contributed by atoms with Crippen molar-refractivity contribution < 1.29 is 4.79 Å². The van der Waals surface area contributed by atoms with Crippen LogP contribution in [0.2, 0.25) is 0 Å². The van der Waals surface area contributed by atoms with Crippen molar-refractivity contribution in [2.45, 2.75) is 33.1 Å². The largest absolute Gasteiger partial charge is 0.352 e. The summed E-state index contributed by atoms with van der Waals surface area (Å²) in [6, 6.07) is 0. The van der Waals surface area contributed by atoms with Crippen LogP contribution < -0.4 is 5.32 Å². The van der Waals surface area contributed by atoms with E-state index in [4.69, 9.17) is 11.6 Å². The number of hydrogen-bond acceptors (Lipinski definition) is 2. The Morgan fingerprint density at radius 2 is 2.11 bits per heavy atom. The molecule has 2 unspecified atom stereocenters. The van der Waals surface area contributed by atoms with E-state index in [9.17, 15) is 4.79 Å². The Kier molecular flexibility index (Phi) is 4.50. The zero-order valence-electron chi connectivity index (χ0n) is 11.9. The molecule has 1 aromatic rings. The van der Waals surface area contributed by atoms with Gasteiger partial charge in [0.15, 0.2) is 0 Å². The van der Waals surface area contributed by atoms with Crippen LogP contribution in [0.15, 0.2) is 0 Å². The summed E-state index contributed by atoms with van der Waals surface area (Å²) in [5, 5.41) is 7.33. The number of carbonyl (C=O) groups is 1. The topological polar surface area (TPSA) is 46.9 Å². The Hall–Kier alpha value is -1.03. The highest BCUT2D eigenvalue weighted by molar-refractivity contribution is 6.18. The SMILES string of the molecule is Cc1nn(C)c(C)c1C(=O)NCC1CCCC1CCl. The third kappa shape index (κ3) is 2.94. The Morgan fingerprint density at radius 1 is 1.42 bits per heavy atom. The number of carbonyl (C=O) groups excluding carboxylic acids is 1. The zero-order valence-corrected chi connectivity index (χ0v) is 12.6. The summed E-state index contributed by atoms with van der Waals surface area (Å²) in [6.45, 7) is 4.52. The van der Waals surface area contributed by atoms with Crippen molar-refractivity contribution >= 4 is 17.5 Å². The molecule has 1 aliphatic rings. The van der Waals surface area contributed by atoms with Crippen LogP contribution in [-0.4, -0.2) is 28.1 Å². The van der Waals surface area contributed by atoms with E-state index < -0.39 is 0 Å². The van der Waals surface area contributed by atoms with Gasteiger partial charge in [-0.2, -0.15) is 5.10 Å². The number of amides is 1. The molecule has 1 heterocycles. The van der Waals surface area contributed by atoms with Gasteiger partial charge in [0.25, 0.3) is 5.91 Å². The maximum Gasteiger partial charge on any atom is 0.255 e. The molecular weight excluding hydrogens is 262 g/mol. The number of nitrogens with zero attached hydrogens (tertiary/aromatic N) is 2. The first-order valence-electron chi connectivity index (χ1n) is 6.89. The molecule has 19 heavy (non-hydrogen) atoms. The van der Waals surface area contributed by atoms with Crippen molar-refractivity contribution in [1.29, 1.82) is 0 Å². The number of aromatic nitrogens is 2. The fourth-order valence-electron chi connectivity index (χ4n) is 3.00. The van der Waals surface area contributed by atoms with Crippen LogP contribution in [0.3, 0.4) is 0 Å². The quantitative estimate of drug-likeness (QED) is 0.863. The molecule has 1 amide bonds. The van der Waals surface area contributed by atoms with Crippen LogP contribution in [0.5, 0.6) is 0 Å². The molecule has 4 nitrogen and oxygen atoms in total. The Labute approximate surface area is 119 Å². The minimum Gasteiger partial charge on any atom is -0.352 e. The average Bonchev–Trinajstić information content (AvgIpc) is 2.92. The van der Waals surface area contributed by atoms with Gasteiger partial charge in [-0.25, -0.2) is 0 Å². The summed E-state index contributed by atoms with van der Waals surface area (Å²) in [7, 11) is 1.86. The van der Waals surface area contributed by atoms with Gasteiger partial charge >= 0.3 is 0 Å². The van der Waals surface area contributed by atoms with E-state index in [1.54, 1.807) is 4.68 Å². The molecule has 5 heteroatoms. The fraction of sp³-hybridized carbons (Fsp3) is 0.714. The van der Waals surface area contributed by atoms with Crippen molar-refractivity contribution in [2.75, 3.05) is 12.4 Å². The summed E-state index contributed by atoms with van der Waals surface area (Å²) < 4.78 is 1.75. The fourth-order valence-corrected chi connectivity index (χ4v) is 3.41. The van der Waals surface area contributed by atoms with Crippen LogP contribution in [0, 0.1) is 25.7 Å².